The molecule has 1 heterocycles. The minimum absolute atomic E-state index is 0.0957. The van der Waals surface area contributed by atoms with Crippen molar-refractivity contribution in [3.05, 3.63) is 40.3 Å². The number of nitrogens with one attached hydrogen (secondary N) is 1. The van der Waals surface area contributed by atoms with Crippen molar-refractivity contribution in [3.63, 3.8) is 0 Å². The number of thiazole rings is 1. The molecule has 0 bridgehead atoms. The van der Waals surface area contributed by atoms with E-state index in [1.807, 2.05) is 36.1 Å². The smallest absolute Gasteiger partial charge is 0.238 e. The number of aliphatic hydroxyl groups excluding tert-OH is 1. The summed E-state index contributed by atoms with van der Waals surface area (Å²) in [5.41, 5.74) is 0.662. The molecule has 0 aliphatic heterocycles. The lowest BCUT2D eigenvalue weighted by molar-refractivity contribution is -0.117. The number of hydrogen-bond donors (Lipinski definition) is 2. The molecule has 2 N–H and O–H groups in total. The lowest BCUT2D eigenvalue weighted by Gasteiger charge is -2.19. The van der Waals surface area contributed by atoms with Gasteiger partial charge in [0, 0.05) is 17.6 Å². The molecule has 0 saturated carbocycles. The molecule has 1 aromatic carbocycles. The first kappa shape index (κ1) is 18.4. The van der Waals surface area contributed by atoms with Crippen molar-refractivity contribution in [3.8, 4) is 5.75 Å². The molecule has 0 aliphatic rings. The van der Waals surface area contributed by atoms with Gasteiger partial charge in [-0.1, -0.05) is 19.1 Å². The highest BCUT2D eigenvalue weighted by Crippen LogP contribution is 2.23. The molecule has 2 aromatic rings. The largest absolute Gasteiger partial charge is 0.495 e. The fourth-order valence-electron chi connectivity index (χ4n) is 2.23. The molecule has 0 aliphatic carbocycles. The van der Waals surface area contributed by atoms with Crippen LogP contribution in [0, 0.1) is 0 Å². The number of ether oxygens (including phenoxy) is 1. The van der Waals surface area contributed by atoms with Gasteiger partial charge >= 0.3 is 0 Å². The Bertz CT molecular complexity index is 673. The Kier molecular flexibility index (Phi) is 6.72. The highest BCUT2D eigenvalue weighted by molar-refractivity contribution is 7.11. The summed E-state index contributed by atoms with van der Waals surface area (Å²) in [4.78, 5) is 19.5. The average molecular weight is 349 g/mol. The van der Waals surface area contributed by atoms with Crippen LogP contribution in [-0.4, -0.2) is 41.1 Å². The maximum Gasteiger partial charge on any atom is 0.238 e. The van der Waals surface area contributed by atoms with E-state index in [1.165, 1.54) is 11.3 Å². The van der Waals surface area contributed by atoms with Gasteiger partial charge in [-0.2, -0.15) is 0 Å². The number of nitrogens with zero attached hydrogens (tertiary/aromatic N) is 2. The van der Waals surface area contributed by atoms with Gasteiger partial charge < -0.3 is 15.2 Å². The highest BCUT2D eigenvalue weighted by Gasteiger charge is 2.14. The Balaban J connectivity index is 1.95. The molecule has 0 saturated heterocycles. The molecule has 2 rings (SSSR count). The highest BCUT2D eigenvalue weighted by atomic mass is 32.1. The van der Waals surface area contributed by atoms with Gasteiger partial charge in [0.2, 0.25) is 5.91 Å². The van der Waals surface area contributed by atoms with Gasteiger partial charge in [-0.05, 0) is 25.6 Å². The van der Waals surface area contributed by atoms with Crippen LogP contribution in [0.1, 0.15) is 29.8 Å². The third kappa shape index (κ3) is 5.02. The van der Waals surface area contributed by atoms with Gasteiger partial charge in [-0.25, -0.2) is 4.98 Å². The summed E-state index contributed by atoms with van der Waals surface area (Å²) in [5.74, 6) is 0.541. The standard InChI is InChI=1S/C17H23N3O3S/c1-4-20(10-13-9-18-17(24-13)12(2)21)11-16(22)19-14-7-5-6-8-15(14)23-3/h5-9,12,21H,4,10-11H2,1-3H3,(H,19,22)/t12-/m1/s1. The molecule has 0 spiro atoms. The second kappa shape index (κ2) is 8.77. The normalized spacial score (nSPS) is 12.2. The number of benzene rings is 1. The first-order chi connectivity index (χ1) is 11.5. The summed E-state index contributed by atoms with van der Waals surface area (Å²) in [6.07, 6.45) is 1.20. The molecule has 1 amide bonds. The van der Waals surface area contributed by atoms with Crippen molar-refractivity contribution in [1.82, 2.24) is 9.88 Å². The fourth-order valence-corrected chi connectivity index (χ4v) is 3.13. The number of amides is 1. The molecule has 0 unspecified atom stereocenters. The molecule has 1 atom stereocenters. The van der Waals surface area contributed by atoms with Gasteiger partial charge in [0.05, 0.1) is 19.3 Å². The Morgan fingerprint density at radius 3 is 2.83 bits per heavy atom. The van der Waals surface area contributed by atoms with Crippen LogP contribution in [0.25, 0.3) is 0 Å². The average Bonchev–Trinajstić information content (AvgIpc) is 3.03. The van der Waals surface area contributed by atoms with Crippen LogP contribution < -0.4 is 10.1 Å². The molecule has 7 heteroatoms. The molecule has 1 aromatic heterocycles. The number of anilines is 1. The minimum atomic E-state index is -0.562. The number of para-hydroxylation sites is 2. The van der Waals surface area contributed by atoms with E-state index in [2.05, 4.69) is 10.3 Å². The van der Waals surface area contributed by atoms with Crippen LogP contribution in [0.3, 0.4) is 0 Å². The van der Waals surface area contributed by atoms with Crippen molar-refractivity contribution in [2.75, 3.05) is 25.5 Å². The Morgan fingerprint density at radius 2 is 2.21 bits per heavy atom. The van der Waals surface area contributed by atoms with E-state index in [-0.39, 0.29) is 12.5 Å². The van der Waals surface area contributed by atoms with E-state index < -0.39 is 6.10 Å². The number of rotatable bonds is 8. The predicted octanol–water partition coefficient (Wildman–Crippen LogP) is 2.67. The fraction of sp³-hybridized carbons (Fsp3) is 0.412. The number of methoxy groups -OCH3 is 1. The zero-order chi connectivity index (χ0) is 17.5. The molecule has 24 heavy (non-hydrogen) atoms. The first-order valence-electron chi connectivity index (χ1n) is 7.81. The maximum atomic E-state index is 12.3. The lowest BCUT2D eigenvalue weighted by Crippen LogP contribution is -2.32. The molecular formula is C17H23N3O3S. The minimum Gasteiger partial charge on any atom is -0.495 e. The monoisotopic (exact) mass is 349 g/mol. The number of hydrogen-bond acceptors (Lipinski definition) is 6. The van der Waals surface area contributed by atoms with Crippen molar-refractivity contribution in [2.45, 2.75) is 26.5 Å². The first-order valence-corrected chi connectivity index (χ1v) is 8.63. The van der Waals surface area contributed by atoms with Crippen molar-refractivity contribution in [2.24, 2.45) is 0 Å². The third-order valence-electron chi connectivity index (χ3n) is 3.50. The van der Waals surface area contributed by atoms with Crippen molar-refractivity contribution < 1.29 is 14.6 Å². The summed E-state index contributed by atoms with van der Waals surface area (Å²) >= 11 is 1.47. The molecule has 6 nitrogen and oxygen atoms in total. The van der Waals surface area contributed by atoms with E-state index in [9.17, 15) is 9.90 Å². The molecule has 130 valence electrons. The van der Waals surface area contributed by atoms with Crippen LogP contribution in [-0.2, 0) is 11.3 Å². The predicted molar refractivity (Wildman–Crippen MR) is 95.3 cm³/mol. The second-order valence-corrected chi connectivity index (χ2v) is 6.54. The van der Waals surface area contributed by atoms with Crippen LogP contribution in [0.15, 0.2) is 30.5 Å². The summed E-state index contributed by atoms with van der Waals surface area (Å²) < 4.78 is 5.24. The zero-order valence-electron chi connectivity index (χ0n) is 14.2. The lowest BCUT2D eigenvalue weighted by atomic mass is 10.3. The molecular weight excluding hydrogens is 326 g/mol. The third-order valence-corrected chi connectivity index (χ3v) is 4.66. The van der Waals surface area contributed by atoms with Gasteiger partial charge in [-0.3, -0.25) is 9.69 Å². The second-order valence-electron chi connectivity index (χ2n) is 5.39. The Labute approximate surface area is 146 Å². The van der Waals surface area contributed by atoms with Crippen LogP contribution in [0.5, 0.6) is 5.75 Å². The van der Waals surface area contributed by atoms with Crippen LogP contribution >= 0.6 is 11.3 Å². The number of carbonyl (C=O) groups excluding carboxylic acids is 1. The summed E-state index contributed by atoms with van der Waals surface area (Å²) in [6.45, 7) is 5.34. The number of likely N-dealkylation sites (N-methyl/N-ethyl adjacent to an activating group) is 1. The Hall–Kier alpha value is -1.96. The topological polar surface area (TPSA) is 74.7 Å². The maximum absolute atomic E-state index is 12.3. The SMILES string of the molecule is CCN(CC(=O)Nc1ccccc1OC)Cc1cnc([C@@H](C)O)s1. The quantitative estimate of drug-likeness (QED) is 0.766. The van der Waals surface area contributed by atoms with E-state index in [0.717, 1.165) is 11.4 Å². The Morgan fingerprint density at radius 1 is 1.46 bits per heavy atom. The molecule has 0 radical (unpaired) electrons. The van der Waals surface area contributed by atoms with E-state index >= 15 is 0 Å². The van der Waals surface area contributed by atoms with Crippen molar-refractivity contribution in [1.29, 1.82) is 0 Å². The van der Waals surface area contributed by atoms with Crippen molar-refractivity contribution >= 4 is 22.9 Å². The van der Waals surface area contributed by atoms with Gasteiger partial charge in [-0.15, -0.1) is 11.3 Å². The van der Waals surface area contributed by atoms with Gasteiger partial charge in [0.1, 0.15) is 16.9 Å². The number of carbonyl (C=O) groups is 1. The van der Waals surface area contributed by atoms with Crippen LogP contribution in [0.4, 0.5) is 5.69 Å². The van der Waals surface area contributed by atoms with Gasteiger partial charge in [0.25, 0.3) is 0 Å². The van der Waals surface area contributed by atoms with E-state index in [0.29, 0.717) is 23.0 Å². The van der Waals surface area contributed by atoms with E-state index in [1.54, 1.807) is 20.2 Å². The number of aliphatic hydroxyl groups is 1. The number of aromatic nitrogens is 1. The molecule has 0 fully saturated rings. The van der Waals surface area contributed by atoms with Crippen LogP contribution in [0.2, 0.25) is 0 Å². The van der Waals surface area contributed by atoms with E-state index in [4.69, 9.17) is 4.74 Å². The summed E-state index contributed by atoms with van der Waals surface area (Å²) in [6, 6.07) is 7.33. The summed E-state index contributed by atoms with van der Waals surface area (Å²) in [7, 11) is 1.58. The summed E-state index contributed by atoms with van der Waals surface area (Å²) in [5, 5.41) is 13.1. The van der Waals surface area contributed by atoms with Gasteiger partial charge in [0.15, 0.2) is 0 Å². The zero-order valence-corrected chi connectivity index (χ0v) is 15.0.